The molecule has 0 bridgehead atoms. The van der Waals surface area contributed by atoms with Crippen molar-refractivity contribution in [3.63, 3.8) is 0 Å². The molecule has 0 aliphatic carbocycles. The van der Waals surface area contributed by atoms with E-state index in [-0.39, 0.29) is 48.7 Å². The molecule has 0 N–H and O–H groups in total. The van der Waals surface area contributed by atoms with Gasteiger partial charge in [-0.25, -0.2) is 19.2 Å². The third-order valence-corrected chi connectivity index (χ3v) is 7.67. The van der Waals surface area contributed by atoms with Crippen LogP contribution in [0, 0.1) is 23.7 Å². The van der Waals surface area contributed by atoms with Crippen LogP contribution in [-0.4, -0.2) is 50.3 Å². The van der Waals surface area contributed by atoms with Crippen molar-refractivity contribution in [2.45, 2.75) is 132 Å². The maximum atomic E-state index is 13.3. The molecule has 0 atom stereocenters. The van der Waals surface area contributed by atoms with Gasteiger partial charge in [-0.2, -0.15) is 0 Å². The van der Waals surface area contributed by atoms with Gasteiger partial charge in [0.25, 0.3) is 0 Å². The van der Waals surface area contributed by atoms with Crippen LogP contribution in [0.15, 0.2) is 12.1 Å². The summed E-state index contributed by atoms with van der Waals surface area (Å²) in [6.07, 6.45) is 10.3. The van der Waals surface area contributed by atoms with E-state index in [0.29, 0.717) is 49.4 Å². The fourth-order valence-corrected chi connectivity index (χ4v) is 4.86. The highest BCUT2D eigenvalue weighted by Crippen LogP contribution is 2.23. The fraction of sp³-hybridized carbons (Fsp3) is 0.737. The van der Waals surface area contributed by atoms with E-state index >= 15 is 0 Å². The van der Waals surface area contributed by atoms with Crippen molar-refractivity contribution >= 4 is 23.9 Å². The first-order chi connectivity index (χ1) is 21.8. The normalized spacial score (nSPS) is 11.4. The number of carbonyl (C=O) groups excluding carboxylic acids is 4. The monoisotopic (exact) mass is 646 g/mol. The van der Waals surface area contributed by atoms with Crippen LogP contribution in [0.5, 0.6) is 0 Å². The number of esters is 4. The van der Waals surface area contributed by atoms with Gasteiger partial charge < -0.3 is 18.9 Å². The quantitative estimate of drug-likeness (QED) is 0.0621. The molecule has 0 fully saturated rings. The zero-order valence-electron chi connectivity index (χ0n) is 30.0. The first-order valence-electron chi connectivity index (χ1n) is 17.7. The number of benzene rings is 1. The predicted octanol–water partition coefficient (Wildman–Crippen LogP) is 9.62. The fourth-order valence-electron chi connectivity index (χ4n) is 4.86. The van der Waals surface area contributed by atoms with Gasteiger partial charge in [0.15, 0.2) is 0 Å². The van der Waals surface area contributed by atoms with Gasteiger partial charge in [0.2, 0.25) is 0 Å². The summed E-state index contributed by atoms with van der Waals surface area (Å²) in [6.45, 7) is 17.8. The predicted molar refractivity (Wildman–Crippen MR) is 182 cm³/mol. The van der Waals surface area contributed by atoms with Gasteiger partial charge in [-0.3, -0.25) is 0 Å². The van der Waals surface area contributed by atoms with Crippen LogP contribution in [0.4, 0.5) is 0 Å². The number of unbranched alkanes of at least 4 members (excludes halogenated alkanes) is 4. The lowest BCUT2D eigenvalue weighted by Gasteiger charge is -2.16. The van der Waals surface area contributed by atoms with E-state index in [9.17, 15) is 19.2 Å². The van der Waals surface area contributed by atoms with Gasteiger partial charge in [-0.15, -0.1) is 0 Å². The van der Waals surface area contributed by atoms with E-state index in [1.807, 2.05) is 0 Å². The Kier molecular flexibility index (Phi) is 20.9. The third-order valence-electron chi connectivity index (χ3n) is 7.67. The standard InChI is InChI=1S/C38H62O8/c1-27(2)17-9-13-21-43-35(39)31-25-33(37(41)45-23-15-11-19-29(5)6)34(38(42)46-24-16-12-20-30(7)8)26-32(31)36(40)44-22-14-10-18-28(3)4/h25-30H,9-24H2,1-8H3. The van der Waals surface area contributed by atoms with E-state index in [1.165, 1.54) is 12.1 Å². The molecule has 0 aliphatic rings. The average Bonchev–Trinajstić information content (AvgIpc) is 2.98. The second kappa shape index (κ2) is 23.4. The molecule has 8 heteroatoms. The van der Waals surface area contributed by atoms with Crippen molar-refractivity contribution in [2.75, 3.05) is 26.4 Å². The Balaban J connectivity index is 3.33. The zero-order valence-corrected chi connectivity index (χ0v) is 30.0. The number of hydrogen-bond acceptors (Lipinski definition) is 8. The Morgan fingerprint density at radius 3 is 0.761 bits per heavy atom. The Bertz CT molecular complexity index is 895. The minimum Gasteiger partial charge on any atom is -0.462 e. The molecule has 0 saturated heterocycles. The molecule has 0 heterocycles. The van der Waals surface area contributed by atoms with Crippen molar-refractivity contribution < 1.29 is 38.1 Å². The van der Waals surface area contributed by atoms with Gasteiger partial charge in [0, 0.05) is 0 Å². The van der Waals surface area contributed by atoms with Crippen LogP contribution >= 0.6 is 0 Å². The average molecular weight is 647 g/mol. The Morgan fingerprint density at radius 1 is 0.391 bits per heavy atom. The topological polar surface area (TPSA) is 105 Å². The SMILES string of the molecule is CC(C)CCCCOC(=O)c1cc(C(=O)OCCCCC(C)C)c(C(=O)OCCCCC(C)C)cc1C(=O)OCCCCC(C)C. The van der Waals surface area contributed by atoms with E-state index in [2.05, 4.69) is 55.4 Å². The molecule has 0 spiro atoms. The molecule has 1 aromatic rings. The molecule has 0 radical (unpaired) electrons. The summed E-state index contributed by atoms with van der Waals surface area (Å²) >= 11 is 0. The Labute approximate surface area is 278 Å². The molecule has 0 aliphatic heterocycles. The second-order valence-corrected chi connectivity index (χ2v) is 14.0. The maximum Gasteiger partial charge on any atom is 0.339 e. The molecule has 1 aromatic carbocycles. The lowest BCUT2D eigenvalue weighted by molar-refractivity contribution is 0.0433. The zero-order chi connectivity index (χ0) is 34.5. The maximum absolute atomic E-state index is 13.3. The summed E-state index contributed by atoms with van der Waals surface area (Å²) in [6, 6.07) is 2.47. The van der Waals surface area contributed by atoms with Crippen LogP contribution in [-0.2, 0) is 18.9 Å². The van der Waals surface area contributed by atoms with E-state index in [1.54, 1.807) is 0 Å². The number of carbonyl (C=O) groups is 4. The Hall–Kier alpha value is -2.90. The summed E-state index contributed by atoms with van der Waals surface area (Å²) in [5, 5.41) is 0. The van der Waals surface area contributed by atoms with Crippen molar-refractivity contribution in [2.24, 2.45) is 23.7 Å². The van der Waals surface area contributed by atoms with Gasteiger partial charge in [-0.05, 0) is 87.2 Å². The Morgan fingerprint density at radius 2 is 0.587 bits per heavy atom. The van der Waals surface area contributed by atoms with Crippen LogP contribution in [0.25, 0.3) is 0 Å². The summed E-state index contributed by atoms with van der Waals surface area (Å²) in [5.41, 5.74) is -0.514. The van der Waals surface area contributed by atoms with Crippen molar-refractivity contribution in [1.29, 1.82) is 0 Å². The van der Waals surface area contributed by atoms with E-state index in [0.717, 1.165) is 51.4 Å². The highest BCUT2D eigenvalue weighted by Gasteiger charge is 2.29. The highest BCUT2D eigenvalue weighted by atomic mass is 16.5. The van der Waals surface area contributed by atoms with E-state index < -0.39 is 23.9 Å². The number of hydrogen-bond donors (Lipinski definition) is 0. The number of ether oxygens (including phenoxy) is 4. The summed E-state index contributed by atoms with van der Waals surface area (Å²) in [7, 11) is 0. The first-order valence-corrected chi connectivity index (χ1v) is 17.7. The summed E-state index contributed by atoms with van der Waals surface area (Å²) < 4.78 is 22.1. The largest absolute Gasteiger partial charge is 0.462 e. The molecular formula is C38H62O8. The number of rotatable bonds is 24. The van der Waals surface area contributed by atoms with Crippen LogP contribution in [0.2, 0.25) is 0 Å². The van der Waals surface area contributed by atoms with Gasteiger partial charge in [0.05, 0.1) is 48.7 Å². The third kappa shape index (κ3) is 17.7. The molecule has 0 saturated carbocycles. The minimum absolute atomic E-state index is 0.128. The first kappa shape index (κ1) is 41.1. The molecule has 1 rings (SSSR count). The van der Waals surface area contributed by atoms with Gasteiger partial charge in [-0.1, -0.05) is 81.1 Å². The van der Waals surface area contributed by atoms with E-state index in [4.69, 9.17) is 18.9 Å². The molecule has 0 unspecified atom stereocenters. The van der Waals surface area contributed by atoms with Gasteiger partial charge in [0.1, 0.15) is 0 Å². The van der Waals surface area contributed by atoms with Gasteiger partial charge >= 0.3 is 23.9 Å². The highest BCUT2D eigenvalue weighted by molar-refractivity contribution is 6.10. The van der Waals surface area contributed by atoms with Crippen LogP contribution in [0.1, 0.15) is 174 Å². The van der Waals surface area contributed by atoms with Crippen molar-refractivity contribution in [3.8, 4) is 0 Å². The lowest BCUT2D eigenvalue weighted by atomic mass is 9.97. The molecule has 0 aromatic heterocycles. The molecule has 46 heavy (non-hydrogen) atoms. The van der Waals surface area contributed by atoms with Crippen molar-refractivity contribution in [3.05, 3.63) is 34.4 Å². The molecule has 262 valence electrons. The summed E-state index contributed by atoms with van der Waals surface area (Å²) in [4.78, 5) is 53.4. The molecular weight excluding hydrogens is 584 g/mol. The van der Waals surface area contributed by atoms with Crippen LogP contribution in [0.3, 0.4) is 0 Å². The summed E-state index contributed by atoms with van der Waals surface area (Å²) in [5.74, 6) is -0.852. The molecule has 8 nitrogen and oxygen atoms in total. The van der Waals surface area contributed by atoms with Crippen LogP contribution < -0.4 is 0 Å². The molecule has 0 amide bonds. The minimum atomic E-state index is -0.754. The van der Waals surface area contributed by atoms with Crippen molar-refractivity contribution in [1.82, 2.24) is 0 Å². The lowest BCUT2D eigenvalue weighted by Crippen LogP contribution is -2.21. The second-order valence-electron chi connectivity index (χ2n) is 14.0. The smallest absolute Gasteiger partial charge is 0.339 e.